The maximum absolute atomic E-state index is 12.1. The number of Topliss-reactive ketones (excluding diaryl/α,β-unsaturated/α-hetero) is 2. The predicted molar refractivity (Wildman–Crippen MR) is 104 cm³/mol. The molecule has 0 aromatic heterocycles. The summed E-state index contributed by atoms with van der Waals surface area (Å²) in [6, 6.07) is 13.1. The zero-order valence-corrected chi connectivity index (χ0v) is 14.8. The number of rotatable bonds is 10. The van der Waals surface area contributed by atoms with Gasteiger partial charge in [-0.05, 0) is 0 Å². The molecule has 0 unspecified atom stereocenters. The minimum atomic E-state index is -0.0729. The number of ether oxygens (including phenoxy) is 1. The first-order valence-electron chi connectivity index (χ1n) is 8.41. The van der Waals surface area contributed by atoms with Crippen LogP contribution < -0.4 is 11.5 Å². The largest absolute Gasteiger partial charge is 0.384 e. The van der Waals surface area contributed by atoms with E-state index >= 15 is 0 Å². The number of nitrogens with two attached hydrogens (primary N) is 2. The van der Waals surface area contributed by atoms with Gasteiger partial charge in [0.1, 0.15) is 11.7 Å². The number of carbonyl (C=O) groups excluding carboxylic acids is 2. The molecular formula is C20H22N4O3. The zero-order chi connectivity index (χ0) is 19.8. The lowest BCUT2D eigenvalue weighted by molar-refractivity contribution is 0.0818. The lowest BCUT2D eigenvalue weighted by Crippen LogP contribution is -2.12. The highest BCUT2D eigenvalue weighted by molar-refractivity contribution is 6.00. The second-order valence-electron chi connectivity index (χ2n) is 5.94. The molecule has 2 aromatic rings. The molecular weight excluding hydrogens is 344 g/mol. The van der Waals surface area contributed by atoms with Crippen LogP contribution in [0.2, 0.25) is 0 Å². The number of hydrogen-bond acceptors (Lipinski definition) is 5. The fourth-order valence-electron chi connectivity index (χ4n) is 2.39. The van der Waals surface area contributed by atoms with Crippen LogP contribution in [0.25, 0.3) is 0 Å². The lowest BCUT2D eigenvalue weighted by Gasteiger charge is -2.05. The number of hydrogen-bond donors (Lipinski definition) is 4. The topological polar surface area (TPSA) is 143 Å². The summed E-state index contributed by atoms with van der Waals surface area (Å²) < 4.78 is 5.39. The van der Waals surface area contributed by atoms with Crippen molar-refractivity contribution < 1.29 is 14.3 Å². The zero-order valence-electron chi connectivity index (χ0n) is 14.8. The Labute approximate surface area is 157 Å². The number of benzene rings is 2. The Hall–Kier alpha value is -3.32. The minimum absolute atomic E-state index is 0.0436. The molecule has 2 rings (SSSR count). The molecule has 0 fully saturated rings. The van der Waals surface area contributed by atoms with Gasteiger partial charge >= 0.3 is 0 Å². The summed E-state index contributed by atoms with van der Waals surface area (Å²) in [4.78, 5) is 24.1. The SMILES string of the molecule is N=C(N)c1ccc(C(=O)CCOCCC(=O)c2ccc(C(=N)N)cc2)cc1. The van der Waals surface area contributed by atoms with Gasteiger partial charge in [-0.3, -0.25) is 20.4 Å². The van der Waals surface area contributed by atoms with Crippen LogP contribution in [0.1, 0.15) is 44.7 Å². The van der Waals surface area contributed by atoms with Crippen molar-refractivity contribution in [2.75, 3.05) is 13.2 Å². The molecule has 0 amide bonds. The Morgan fingerprint density at radius 3 is 1.26 bits per heavy atom. The smallest absolute Gasteiger partial charge is 0.165 e. The summed E-state index contributed by atoms with van der Waals surface area (Å²) in [6.45, 7) is 0.452. The van der Waals surface area contributed by atoms with Crippen molar-refractivity contribution in [1.29, 1.82) is 10.8 Å². The first-order valence-corrected chi connectivity index (χ1v) is 8.41. The van der Waals surface area contributed by atoms with Crippen LogP contribution in [0.3, 0.4) is 0 Å². The summed E-state index contributed by atoms with van der Waals surface area (Å²) in [7, 11) is 0. The van der Waals surface area contributed by atoms with Gasteiger partial charge in [0.15, 0.2) is 11.6 Å². The van der Waals surface area contributed by atoms with Crippen LogP contribution in [-0.2, 0) is 4.74 Å². The van der Waals surface area contributed by atoms with Crippen molar-refractivity contribution in [3.8, 4) is 0 Å². The number of ketones is 2. The average molecular weight is 366 g/mol. The highest BCUT2D eigenvalue weighted by atomic mass is 16.5. The van der Waals surface area contributed by atoms with E-state index in [4.69, 9.17) is 27.0 Å². The maximum Gasteiger partial charge on any atom is 0.165 e. The van der Waals surface area contributed by atoms with Crippen molar-refractivity contribution in [1.82, 2.24) is 0 Å². The van der Waals surface area contributed by atoms with Gasteiger partial charge in [0, 0.05) is 35.1 Å². The number of nitrogens with one attached hydrogen (secondary N) is 2. The minimum Gasteiger partial charge on any atom is -0.384 e. The van der Waals surface area contributed by atoms with Crippen molar-refractivity contribution in [3.63, 3.8) is 0 Å². The van der Waals surface area contributed by atoms with E-state index in [9.17, 15) is 9.59 Å². The van der Waals surface area contributed by atoms with Crippen LogP contribution in [0.15, 0.2) is 48.5 Å². The molecule has 2 aromatic carbocycles. The number of carbonyl (C=O) groups is 2. The first-order chi connectivity index (χ1) is 12.9. The fraction of sp³-hybridized carbons (Fsp3) is 0.200. The van der Waals surface area contributed by atoms with E-state index in [0.29, 0.717) is 22.3 Å². The van der Waals surface area contributed by atoms with Gasteiger partial charge in [-0.2, -0.15) is 0 Å². The van der Waals surface area contributed by atoms with Gasteiger partial charge in [0.2, 0.25) is 0 Å². The quantitative estimate of drug-likeness (QED) is 0.220. The lowest BCUT2D eigenvalue weighted by atomic mass is 10.1. The van der Waals surface area contributed by atoms with E-state index in [2.05, 4.69) is 0 Å². The normalized spacial score (nSPS) is 10.4. The first kappa shape index (κ1) is 20.0. The van der Waals surface area contributed by atoms with Gasteiger partial charge in [-0.15, -0.1) is 0 Å². The van der Waals surface area contributed by atoms with Gasteiger partial charge in [-0.25, -0.2) is 0 Å². The van der Waals surface area contributed by atoms with Crippen LogP contribution in [0.4, 0.5) is 0 Å². The molecule has 0 spiro atoms. The van der Waals surface area contributed by atoms with Crippen molar-refractivity contribution >= 4 is 23.2 Å². The molecule has 0 radical (unpaired) electrons. The molecule has 0 bridgehead atoms. The second kappa shape index (κ2) is 9.40. The molecule has 140 valence electrons. The van der Waals surface area contributed by atoms with E-state index < -0.39 is 0 Å². The summed E-state index contributed by atoms with van der Waals surface area (Å²) in [5.74, 6) is -0.233. The maximum atomic E-state index is 12.1. The van der Waals surface area contributed by atoms with E-state index in [-0.39, 0.29) is 49.3 Å². The Kier molecular flexibility index (Phi) is 6.96. The van der Waals surface area contributed by atoms with E-state index in [1.807, 2.05) is 0 Å². The van der Waals surface area contributed by atoms with Crippen molar-refractivity contribution in [3.05, 3.63) is 70.8 Å². The van der Waals surface area contributed by atoms with Crippen LogP contribution in [0, 0.1) is 10.8 Å². The Morgan fingerprint density at radius 1 is 0.667 bits per heavy atom. The van der Waals surface area contributed by atoms with Gasteiger partial charge in [0.05, 0.1) is 13.2 Å². The molecule has 27 heavy (non-hydrogen) atoms. The Bertz CT molecular complexity index is 771. The molecule has 0 saturated heterocycles. The summed E-state index contributed by atoms with van der Waals surface area (Å²) in [5.41, 5.74) is 13.0. The van der Waals surface area contributed by atoms with Crippen LogP contribution >= 0.6 is 0 Å². The molecule has 0 saturated carbocycles. The predicted octanol–water partition coefficient (Wildman–Crippen LogP) is 2.12. The molecule has 7 nitrogen and oxygen atoms in total. The molecule has 0 atom stereocenters. The Balaban J connectivity index is 1.71. The van der Waals surface area contributed by atoms with Crippen LogP contribution in [0.5, 0.6) is 0 Å². The fourth-order valence-corrected chi connectivity index (χ4v) is 2.39. The monoisotopic (exact) mass is 366 g/mol. The number of amidine groups is 2. The summed E-state index contributed by atoms with van der Waals surface area (Å²) in [6.07, 6.45) is 0.418. The molecule has 7 heteroatoms. The molecule has 6 N–H and O–H groups in total. The summed E-state index contributed by atoms with van der Waals surface area (Å²) >= 11 is 0. The van der Waals surface area contributed by atoms with Crippen LogP contribution in [-0.4, -0.2) is 36.5 Å². The average Bonchev–Trinajstić information content (AvgIpc) is 2.67. The van der Waals surface area contributed by atoms with Gasteiger partial charge in [-0.1, -0.05) is 48.5 Å². The third-order valence-electron chi connectivity index (χ3n) is 3.98. The molecule has 0 aliphatic rings. The molecule has 0 aliphatic carbocycles. The van der Waals surface area contributed by atoms with Crippen molar-refractivity contribution in [2.45, 2.75) is 12.8 Å². The van der Waals surface area contributed by atoms with E-state index in [0.717, 1.165) is 0 Å². The van der Waals surface area contributed by atoms with E-state index in [1.54, 1.807) is 48.5 Å². The third kappa shape index (κ3) is 5.86. The van der Waals surface area contributed by atoms with E-state index in [1.165, 1.54) is 0 Å². The third-order valence-corrected chi connectivity index (χ3v) is 3.98. The second-order valence-corrected chi connectivity index (χ2v) is 5.94. The van der Waals surface area contributed by atoms with Gasteiger partial charge in [0.25, 0.3) is 0 Å². The van der Waals surface area contributed by atoms with Gasteiger partial charge < -0.3 is 16.2 Å². The number of nitrogen functional groups attached to an aromatic ring is 2. The van der Waals surface area contributed by atoms with Crippen molar-refractivity contribution in [2.24, 2.45) is 11.5 Å². The molecule has 0 heterocycles. The standard InChI is InChI=1S/C20H22N4O3/c21-19(22)15-5-1-13(2-6-15)17(25)9-11-27-12-10-18(26)14-3-7-16(8-4-14)20(23)24/h1-8H,9-12H2,(H3,21,22)(H3,23,24). The highest BCUT2D eigenvalue weighted by Crippen LogP contribution is 2.09. The summed E-state index contributed by atoms with van der Waals surface area (Å²) in [5, 5.41) is 14.7. The molecule has 0 aliphatic heterocycles. The highest BCUT2D eigenvalue weighted by Gasteiger charge is 2.09. The Morgan fingerprint density at radius 2 is 0.963 bits per heavy atom.